The molecule has 1 amide bonds. The SMILES string of the molecule is C=CCNc1nnc(SCC(=O)Nc2ccccc2S(C)(=O)=O)s1. The quantitative estimate of drug-likeness (QED) is 0.532. The maximum absolute atomic E-state index is 12.0. The lowest BCUT2D eigenvalue weighted by molar-refractivity contribution is -0.113. The van der Waals surface area contributed by atoms with Crippen LogP contribution in [0, 0.1) is 0 Å². The molecule has 0 saturated heterocycles. The first kappa shape index (κ1) is 18.4. The third-order valence-corrected chi connectivity index (χ3v) is 5.86. The molecule has 7 nitrogen and oxygen atoms in total. The van der Waals surface area contributed by atoms with E-state index in [0.29, 0.717) is 16.0 Å². The van der Waals surface area contributed by atoms with E-state index in [-0.39, 0.29) is 22.2 Å². The molecule has 0 saturated carbocycles. The number of thioether (sulfide) groups is 1. The van der Waals surface area contributed by atoms with Crippen LogP contribution in [0.1, 0.15) is 0 Å². The summed E-state index contributed by atoms with van der Waals surface area (Å²) in [6, 6.07) is 6.29. The van der Waals surface area contributed by atoms with Crippen LogP contribution >= 0.6 is 23.1 Å². The van der Waals surface area contributed by atoms with Crippen molar-refractivity contribution in [2.24, 2.45) is 0 Å². The molecule has 1 heterocycles. The smallest absolute Gasteiger partial charge is 0.234 e. The molecular formula is C14H16N4O3S3. The van der Waals surface area contributed by atoms with E-state index in [2.05, 4.69) is 27.4 Å². The van der Waals surface area contributed by atoms with Gasteiger partial charge in [0.15, 0.2) is 14.2 Å². The van der Waals surface area contributed by atoms with Crippen molar-refractivity contribution >= 4 is 49.7 Å². The molecule has 0 spiro atoms. The maximum atomic E-state index is 12.0. The molecule has 0 aliphatic heterocycles. The van der Waals surface area contributed by atoms with Crippen molar-refractivity contribution in [1.82, 2.24) is 10.2 Å². The topological polar surface area (TPSA) is 101 Å². The number of carbonyl (C=O) groups is 1. The van der Waals surface area contributed by atoms with Gasteiger partial charge in [-0.15, -0.1) is 16.8 Å². The van der Waals surface area contributed by atoms with Gasteiger partial charge in [-0.25, -0.2) is 8.42 Å². The molecule has 1 aromatic heterocycles. The van der Waals surface area contributed by atoms with E-state index in [1.54, 1.807) is 24.3 Å². The number of aromatic nitrogens is 2. The van der Waals surface area contributed by atoms with Crippen molar-refractivity contribution in [3.8, 4) is 0 Å². The minimum Gasteiger partial charge on any atom is -0.357 e. The van der Waals surface area contributed by atoms with Crippen molar-refractivity contribution in [1.29, 1.82) is 0 Å². The van der Waals surface area contributed by atoms with Crippen LogP contribution in [-0.2, 0) is 14.6 Å². The average Bonchev–Trinajstić information content (AvgIpc) is 2.98. The molecule has 0 aliphatic carbocycles. The van der Waals surface area contributed by atoms with Gasteiger partial charge in [-0.05, 0) is 12.1 Å². The van der Waals surface area contributed by atoms with Crippen molar-refractivity contribution in [2.45, 2.75) is 9.24 Å². The van der Waals surface area contributed by atoms with E-state index in [0.717, 1.165) is 6.26 Å². The van der Waals surface area contributed by atoms with Crippen molar-refractivity contribution in [3.05, 3.63) is 36.9 Å². The Morgan fingerprint density at radius 1 is 1.38 bits per heavy atom. The summed E-state index contributed by atoms with van der Waals surface area (Å²) >= 11 is 2.57. The summed E-state index contributed by atoms with van der Waals surface area (Å²) in [5.74, 6) is -0.208. The molecule has 128 valence electrons. The zero-order chi connectivity index (χ0) is 17.6. The van der Waals surface area contributed by atoms with Crippen LogP contribution < -0.4 is 10.6 Å². The number of nitrogens with one attached hydrogen (secondary N) is 2. The Balaban J connectivity index is 1.95. The van der Waals surface area contributed by atoms with Crippen LogP contribution in [0.2, 0.25) is 0 Å². The maximum Gasteiger partial charge on any atom is 0.234 e. The van der Waals surface area contributed by atoms with E-state index in [4.69, 9.17) is 0 Å². The molecule has 0 bridgehead atoms. The fourth-order valence-corrected chi connectivity index (χ4v) is 4.11. The molecule has 0 aliphatic rings. The summed E-state index contributed by atoms with van der Waals surface area (Å²) in [5.41, 5.74) is 0.274. The highest BCUT2D eigenvalue weighted by molar-refractivity contribution is 8.01. The van der Waals surface area contributed by atoms with E-state index < -0.39 is 9.84 Å². The normalized spacial score (nSPS) is 11.0. The largest absolute Gasteiger partial charge is 0.357 e. The number of carbonyl (C=O) groups excluding carboxylic acids is 1. The second-order valence-corrected chi connectivity index (χ2v) is 8.83. The third kappa shape index (κ3) is 5.32. The van der Waals surface area contributed by atoms with E-state index in [1.165, 1.54) is 29.2 Å². The van der Waals surface area contributed by atoms with Gasteiger partial charge in [-0.3, -0.25) is 4.79 Å². The Morgan fingerprint density at radius 3 is 2.83 bits per heavy atom. The fraction of sp³-hybridized carbons (Fsp3) is 0.214. The second kappa shape index (κ2) is 8.27. The zero-order valence-electron chi connectivity index (χ0n) is 12.9. The molecular weight excluding hydrogens is 368 g/mol. The summed E-state index contributed by atoms with van der Waals surface area (Å²) in [6.45, 7) is 4.18. The summed E-state index contributed by atoms with van der Waals surface area (Å²) in [7, 11) is -3.41. The lowest BCUT2D eigenvalue weighted by atomic mass is 10.3. The number of nitrogens with zero attached hydrogens (tertiary/aromatic N) is 2. The Kier molecular flexibility index (Phi) is 6.35. The summed E-state index contributed by atoms with van der Waals surface area (Å²) in [4.78, 5) is 12.1. The molecule has 0 unspecified atom stereocenters. The molecule has 0 atom stereocenters. The van der Waals surface area contributed by atoms with Crippen LogP contribution in [0.3, 0.4) is 0 Å². The molecule has 1 aromatic carbocycles. The van der Waals surface area contributed by atoms with Gasteiger partial charge in [0.2, 0.25) is 11.0 Å². The molecule has 24 heavy (non-hydrogen) atoms. The Bertz CT molecular complexity index is 833. The predicted octanol–water partition coefficient (Wildman–Crippen LogP) is 2.27. The van der Waals surface area contributed by atoms with Crippen LogP contribution in [0.25, 0.3) is 0 Å². The standard InChI is InChI=1S/C14H16N4O3S3/c1-3-8-15-13-17-18-14(23-13)22-9-12(19)16-10-6-4-5-7-11(10)24(2,20)21/h3-7H,1,8-9H2,2H3,(H,15,17)(H,16,19). The number of benzene rings is 1. The van der Waals surface area contributed by atoms with E-state index in [1.807, 2.05) is 0 Å². The van der Waals surface area contributed by atoms with Crippen LogP contribution in [0.5, 0.6) is 0 Å². The molecule has 10 heteroatoms. The number of anilines is 2. The number of sulfone groups is 1. The van der Waals surface area contributed by atoms with Gasteiger partial charge in [-0.1, -0.05) is 41.3 Å². The van der Waals surface area contributed by atoms with Gasteiger partial charge in [0.25, 0.3) is 0 Å². The first-order valence-electron chi connectivity index (χ1n) is 6.80. The number of hydrogen-bond acceptors (Lipinski definition) is 8. The van der Waals surface area contributed by atoms with Crippen LogP contribution in [0.4, 0.5) is 10.8 Å². The van der Waals surface area contributed by atoms with Crippen LogP contribution in [0.15, 0.2) is 46.2 Å². The first-order chi connectivity index (χ1) is 11.4. The Hall–Kier alpha value is -1.91. The zero-order valence-corrected chi connectivity index (χ0v) is 15.3. The molecule has 2 aromatic rings. The summed E-state index contributed by atoms with van der Waals surface area (Å²) in [5, 5.41) is 14.2. The van der Waals surface area contributed by atoms with Gasteiger partial charge in [-0.2, -0.15) is 0 Å². The highest BCUT2D eigenvalue weighted by atomic mass is 32.2. The minimum absolute atomic E-state index is 0.0928. The van der Waals surface area contributed by atoms with Crippen molar-refractivity contribution in [2.75, 3.05) is 29.2 Å². The van der Waals surface area contributed by atoms with E-state index >= 15 is 0 Å². The Morgan fingerprint density at radius 2 is 2.12 bits per heavy atom. The van der Waals surface area contributed by atoms with E-state index in [9.17, 15) is 13.2 Å². The monoisotopic (exact) mass is 384 g/mol. The van der Waals surface area contributed by atoms with Gasteiger partial charge in [0.1, 0.15) is 0 Å². The van der Waals surface area contributed by atoms with Crippen molar-refractivity contribution in [3.63, 3.8) is 0 Å². The lowest BCUT2D eigenvalue weighted by Crippen LogP contribution is -2.16. The van der Waals surface area contributed by atoms with Crippen LogP contribution in [-0.4, -0.2) is 43.1 Å². The molecule has 2 rings (SSSR count). The first-order valence-corrected chi connectivity index (χ1v) is 10.5. The number of amides is 1. The summed E-state index contributed by atoms with van der Waals surface area (Å²) < 4.78 is 24.1. The molecule has 2 N–H and O–H groups in total. The minimum atomic E-state index is -3.41. The van der Waals surface area contributed by atoms with Gasteiger partial charge in [0, 0.05) is 12.8 Å². The van der Waals surface area contributed by atoms with Gasteiger partial charge < -0.3 is 10.6 Å². The lowest BCUT2D eigenvalue weighted by Gasteiger charge is -2.08. The third-order valence-electron chi connectivity index (χ3n) is 2.69. The van der Waals surface area contributed by atoms with Gasteiger partial charge in [0.05, 0.1) is 16.3 Å². The van der Waals surface area contributed by atoms with Crippen molar-refractivity contribution < 1.29 is 13.2 Å². The number of rotatable bonds is 8. The van der Waals surface area contributed by atoms with Gasteiger partial charge >= 0.3 is 0 Å². The molecule has 0 radical (unpaired) electrons. The molecule has 0 fully saturated rings. The number of para-hydroxylation sites is 1. The number of hydrogen-bond donors (Lipinski definition) is 2. The highest BCUT2D eigenvalue weighted by Gasteiger charge is 2.15. The predicted molar refractivity (Wildman–Crippen MR) is 97.5 cm³/mol. The second-order valence-electron chi connectivity index (χ2n) is 4.65. The Labute approximate surface area is 148 Å². The average molecular weight is 385 g/mol. The highest BCUT2D eigenvalue weighted by Crippen LogP contribution is 2.26. The summed E-state index contributed by atoms with van der Waals surface area (Å²) in [6.07, 6.45) is 2.81. The fourth-order valence-electron chi connectivity index (χ4n) is 1.71.